The van der Waals surface area contributed by atoms with Gasteiger partial charge in [0.1, 0.15) is 5.60 Å². The Morgan fingerprint density at radius 3 is 2.44 bits per heavy atom. The number of ether oxygens (including phenoxy) is 2. The van der Waals surface area contributed by atoms with E-state index in [2.05, 4.69) is 6.07 Å². The molecular formula is C21H30ClNO4. The number of halogens is 1. The maximum Gasteiger partial charge on any atom is 0.410 e. The van der Waals surface area contributed by atoms with Crippen LogP contribution in [0, 0.1) is 0 Å². The van der Waals surface area contributed by atoms with Crippen LogP contribution in [-0.2, 0) is 19.7 Å². The number of carbonyl (C=O) groups excluding carboxylic acids is 2. The van der Waals surface area contributed by atoms with Gasteiger partial charge in [-0.15, -0.1) is 0 Å². The molecule has 1 aromatic rings. The summed E-state index contributed by atoms with van der Waals surface area (Å²) in [6.07, 6.45) is 2.26. The Balaban J connectivity index is 2.13. The molecule has 27 heavy (non-hydrogen) atoms. The van der Waals surface area contributed by atoms with Crippen LogP contribution in [0.2, 0.25) is 5.02 Å². The highest BCUT2D eigenvalue weighted by Crippen LogP contribution is 2.40. The molecule has 1 fully saturated rings. The minimum absolute atomic E-state index is 0.187. The van der Waals surface area contributed by atoms with E-state index in [1.54, 1.807) is 4.90 Å². The first-order valence-electron chi connectivity index (χ1n) is 9.55. The van der Waals surface area contributed by atoms with Crippen molar-refractivity contribution in [1.82, 2.24) is 4.90 Å². The van der Waals surface area contributed by atoms with Crippen molar-refractivity contribution in [2.75, 3.05) is 19.7 Å². The molecule has 0 spiro atoms. The lowest BCUT2D eigenvalue weighted by Gasteiger charge is -2.42. The van der Waals surface area contributed by atoms with Crippen molar-refractivity contribution in [3.05, 3.63) is 34.9 Å². The average Bonchev–Trinajstić information content (AvgIpc) is 2.59. The first kappa shape index (κ1) is 21.5. The first-order chi connectivity index (χ1) is 12.6. The molecule has 1 saturated heterocycles. The molecule has 1 aliphatic rings. The summed E-state index contributed by atoms with van der Waals surface area (Å²) in [4.78, 5) is 26.0. The molecule has 0 atom stereocenters. The third kappa shape index (κ3) is 6.13. The van der Waals surface area contributed by atoms with Crippen molar-refractivity contribution in [1.29, 1.82) is 0 Å². The number of rotatable bonds is 5. The molecule has 0 saturated carbocycles. The topological polar surface area (TPSA) is 55.8 Å². The van der Waals surface area contributed by atoms with Crippen LogP contribution in [0.5, 0.6) is 0 Å². The third-order valence-electron chi connectivity index (χ3n) is 4.92. The van der Waals surface area contributed by atoms with Gasteiger partial charge in [-0.1, -0.05) is 23.7 Å². The average molecular weight is 396 g/mol. The predicted molar refractivity (Wildman–Crippen MR) is 106 cm³/mol. The zero-order valence-corrected chi connectivity index (χ0v) is 17.5. The summed E-state index contributed by atoms with van der Waals surface area (Å²) in [5, 5.41) is 0.678. The van der Waals surface area contributed by atoms with E-state index in [0.29, 0.717) is 37.6 Å². The normalized spacial score (nSPS) is 16.7. The van der Waals surface area contributed by atoms with Crippen molar-refractivity contribution in [3.8, 4) is 0 Å². The van der Waals surface area contributed by atoms with Crippen LogP contribution in [0.3, 0.4) is 0 Å². The van der Waals surface area contributed by atoms with Crippen LogP contribution < -0.4 is 0 Å². The standard InChI is InChI=1S/C21H30ClNO4/c1-5-26-18(24)9-10-21(16-7-6-8-17(22)15-16)11-13-23(14-12-21)19(25)27-20(2,3)4/h6-8,15H,5,9-14H2,1-4H3. The van der Waals surface area contributed by atoms with Crippen LogP contribution in [0.1, 0.15) is 58.9 Å². The molecule has 0 unspecified atom stereocenters. The molecule has 6 heteroatoms. The van der Waals surface area contributed by atoms with Gasteiger partial charge in [0.25, 0.3) is 0 Å². The van der Waals surface area contributed by atoms with Crippen molar-refractivity contribution in [2.24, 2.45) is 0 Å². The molecule has 0 N–H and O–H groups in total. The minimum Gasteiger partial charge on any atom is -0.466 e. The number of benzene rings is 1. The molecule has 1 amide bonds. The quantitative estimate of drug-likeness (QED) is 0.661. The van der Waals surface area contributed by atoms with Crippen molar-refractivity contribution in [3.63, 3.8) is 0 Å². The van der Waals surface area contributed by atoms with Crippen LogP contribution in [0.4, 0.5) is 4.79 Å². The monoisotopic (exact) mass is 395 g/mol. The lowest BCUT2D eigenvalue weighted by molar-refractivity contribution is -0.143. The van der Waals surface area contributed by atoms with Gasteiger partial charge in [-0.3, -0.25) is 4.79 Å². The van der Waals surface area contributed by atoms with Gasteiger partial charge in [-0.2, -0.15) is 0 Å². The zero-order chi connectivity index (χ0) is 20.1. The lowest BCUT2D eigenvalue weighted by atomic mass is 9.70. The van der Waals surface area contributed by atoms with E-state index in [-0.39, 0.29) is 17.5 Å². The van der Waals surface area contributed by atoms with E-state index in [1.165, 1.54) is 0 Å². The first-order valence-corrected chi connectivity index (χ1v) is 9.92. The molecule has 150 valence electrons. The number of nitrogens with zero attached hydrogens (tertiary/aromatic N) is 1. The zero-order valence-electron chi connectivity index (χ0n) is 16.7. The second-order valence-electron chi connectivity index (χ2n) is 8.06. The van der Waals surface area contributed by atoms with Crippen LogP contribution in [0.15, 0.2) is 24.3 Å². The second-order valence-corrected chi connectivity index (χ2v) is 8.50. The number of esters is 1. The Morgan fingerprint density at radius 1 is 1.22 bits per heavy atom. The van der Waals surface area contributed by atoms with Gasteiger partial charge in [0.15, 0.2) is 0 Å². The number of carbonyl (C=O) groups is 2. The van der Waals surface area contributed by atoms with Gasteiger partial charge >= 0.3 is 12.1 Å². The van der Waals surface area contributed by atoms with Crippen LogP contribution in [0.25, 0.3) is 0 Å². The van der Waals surface area contributed by atoms with Gasteiger partial charge in [-0.05, 0) is 70.1 Å². The van der Waals surface area contributed by atoms with Crippen LogP contribution in [-0.4, -0.2) is 42.3 Å². The van der Waals surface area contributed by atoms with Crippen molar-refractivity contribution >= 4 is 23.7 Å². The number of amides is 1. The molecule has 0 aromatic heterocycles. The fourth-order valence-electron chi connectivity index (χ4n) is 3.52. The number of piperidine rings is 1. The second kappa shape index (κ2) is 8.96. The Morgan fingerprint density at radius 2 is 1.89 bits per heavy atom. The summed E-state index contributed by atoms with van der Waals surface area (Å²) in [5.41, 5.74) is 0.404. The third-order valence-corrected chi connectivity index (χ3v) is 5.16. The predicted octanol–water partition coefficient (Wildman–Crippen LogP) is 4.95. The van der Waals surface area contributed by atoms with E-state index in [9.17, 15) is 9.59 Å². The summed E-state index contributed by atoms with van der Waals surface area (Å²) in [6.45, 7) is 8.97. The highest BCUT2D eigenvalue weighted by molar-refractivity contribution is 6.30. The van der Waals surface area contributed by atoms with E-state index < -0.39 is 5.60 Å². The maximum atomic E-state index is 12.4. The fourth-order valence-corrected chi connectivity index (χ4v) is 3.71. The summed E-state index contributed by atoms with van der Waals surface area (Å²) >= 11 is 6.21. The van der Waals surface area contributed by atoms with Crippen LogP contribution >= 0.6 is 11.6 Å². The van der Waals surface area contributed by atoms with Gasteiger partial charge in [0.05, 0.1) is 6.61 Å². The Labute approximate surface area is 167 Å². The summed E-state index contributed by atoms with van der Waals surface area (Å²) in [6, 6.07) is 7.81. The number of likely N-dealkylation sites (tertiary alicyclic amines) is 1. The van der Waals surface area contributed by atoms with E-state index in [0.717, 1.165) is 18.4 Å². The van der Waals surface area contributed by atoms with Crippen molar-refractivity contribution in [2.45, 2.75) is 64.4 Å². The SMILES string of the molecule is CCOC(=O)CCC1(c2cccc(Cl)c2)CCN(C(=O)OC(C)(C)C)CC1. The Kier molecular flexibility index (Phi) is 7.15. The molecule has 0 bridgehead atoms. The molecule has 0 aliphatic carbocycles. The highest BCUT2D eigenvalue weighted by atomic mass is 35.5. The maximum absolute atomic E-state index is 12.4. The molecule has 1 aliphatic heterocycles. The van der Waals surface area contributed by atoms with Gasteiger partial charge in [-0.25, -0.2) is 4.79 Å². The summed E-state index contributed by atoms with van der Waals surface area (Å²) in [7, 11) is 0. The Hall–Kier alpha value is -1.75. The largest absolute Gasteiger partial charge is 0.466 e. The lowest BCUT2D eigenvalue weighted by Crippen LogP contribution is -2.47. The molecule has 5 nitrogen and oxygen atoms in total. The fraction of sp³-hybridized carbons (Fsp3) is 0.619. The van der Waals surface area contributed by atoms with E-state index >= 15 is 0 Å². The molecule has 1 aromatic carbocycles. The summed E-state index contributed by atoms with van der Waals surface area (Å²) < 4.78 is 10.6. The molecule has 0 radical (unpaired) electrons. The van der Waals surface area contributed by atoms with E-state index in [4.69, 9.17) is 21.1 Å². The summed E-state index contributed by atoms with van der Waals surface area (Å²) in [5.74, 6) is -0.187. The molecule has 2 rings (SSSR count). The molecule has 1 heterocycles. The van der Waals surface area contributed by atoms with Crippen molar-refractivity contribution < 1.29 is 19.1 Å². The van der Waals surface area contributed by atoms with Gasteiger partial charge < -0.3 is 14.4 Å². The smallest absolute Gasteiger partial charge is 0.410 e. The minimum atomic E-state index is -0.511. The number of hydrogen-bond donors (Lipinski definition) is 0. The van der Waals surface area contributed by atoms with Gasteiger partial charge in [0.2, 0.25) is 0 Å². The number of hydrogen-bond acceptors (Lipinski definition) is 4. The van der Waals surface area contributed by atoms with E-state index in [1.807, 2.05) is 45.9 Å². The Bertz CT molecular complexity index is 660. The molecular weight excluding hydrogens is 366 g/mol. The highest BCUT2D eigenvalue weighted by Gasteiger charge is 2.38. The van der Waals surface area contributed by atoms with Gasteiger partial charge in [0, 0.05) is 24.5 Å².